The van der Waals surface area contributed by atoms with Crippen molar-refractivity contribution in [3.63, 3.8) is 0 Å². The molecule has 0 saturated carbocycles. The molecule has 2 aliphatic rings. The molecule has 1 amide bonds. The molecule has 1 unspecified atom stereocenters. The van der Waals surface area contributed by atoms with Crippen LogP contribution in [0.15, 0.2) is 78.9 Å². The Balaban J connectivity index is 0.00000185. The summed E-state index contributed by atoms with van der Waals surface area (Å²) in [6, 6.07) is 26.9. The lowest BCUT2D eigenvalue weighted by atomic mass is 9.97. The summed E-state index contributed by atoms with van der Waals surface area (Å²) in [6.45, 7) is 5.29. The highest BCUT2D eigenvalue weighted by Gasteiger charge is 2.28. The van der Waals surface area contributed by atoms with Gasteiger partial charge in [0.2, 0.25) is 11.9 Å². The van der Waals surface area contributed by atoms with Crippen LogP contribution in [0.4, 0.5) is 11.8 Å². The highest BCUT2D eigenvalue weighted by atomic mass is 35.5. The molecular formula is C31H36Cl2N6O. The van der Waals surface area contributed by atoms with Crippen molar-refractivity contribution in [3.05, 3.63) is 84.4 Å². The molecule has 0 radical (unpaired) electrons. The molecule has 0 aliphatic carbocycles. The Morgan fingerprint density at radius 1 is 0.875 bits per heavy atom. The van der Waals surface area contributed by atoms with Crippen LogP contribution in [0.3, 0.4) is 0 Å². The van der Waals surface area contributed by atoms with Crippen molar-refractivity contribution in [2.45, 2.75) is 25.3 Å². The molecule has 210 valence electrons. The van der Waals surface area contributed by atoms with E-state index in [-0.39, 0.29) is 36.8 Å². The van der Waals surface area contributed by atoms with Crippen LogP contribution >= 0.6 is 24.8 Å². The van der Waals surface area contributed by atoms with E-state index >= 15 is 0 Å². The fraction of sp³-hybridized carbons (Fsp3) is 0.323. The van der Waals surface area contributed by atoms with E-state index in [0.717, 1.165) is 79.0 Å². The Morgan fingerprint density at radius 2 is 1.65 bits per heavy atom. The SMILES string of the molecule is Cl.Cl.O=C(Cc1ccccc1-c1ccccc1)N1CCC(Nc2nc(N3CCCNCC3)c3ccccc3n2)C1. The molecule has 40 heavy (non-hydrogen) atoms. The number of halogens is 2. The molecule has 1 aromatic heterocycles. The van der Waals surface area contributed by atoms with Crippen molar-refractivity contribution >= 4 is 53.4 Å². The molecule has 9 heteroatoms. The second-order valence-corrected chi connectivity index (χ2v) is 10.1. The number of hydrogen-bond donors (Lipinski definition) is 2. The van der Waals surface area contributed by atoms with Crippen molar-refractivity contribution in [1.82, 2.24) is 20.2 Å². The smallest absolute Gasteiger partial charge is 0.227 e. The highest BCUT2D eigenvalue weighted by molar-refractivity contribution is 5.90. The van der Waals surface area contributed by atoms with Crippen LogP contribution in [-0.4, -0.2) is 66.1 Å². The first kappa shape index (κ1) is 29.6. The third-order valence-corrected chi connectivity index (χ3v) is 7.54. The van der Waals surface area contributed by atoms with Gasteiger partial charge >= 0.3 is 0 Å². The minimum Gasteiger partial charge on any atom is -0.355 e. The summed E-state index contributed by atoms with van der Waals surface area (Å²) in [7, 11) is 0. The lowest BCUT2D eigenvalue weighted by Crippen LogP contribution is -2.33. The van der Waals surface area contributed by atoms with Gasteiger partial charge in [0.1, 0.15) is 5.82 Å². The largest absolute Gasteiger partial charge is 0.355 e. The number of rotatable bonds is 6. The number of carbonyl (C=O) groups is 1. The lowest BCUT2D eigenvalue weighted by Gasteiger charge is -2.24. The standard InChI is InChI=1S/C31H34N6O.2ClH/c38-29(21-24-11-4-5-12-26(24)23-9-2-1-3-10-23)37-19-15-25(22-37)33-31-34-28-14-7-6-13-27(28)30(35-31)36-18-8-16-32-17-20-36;;/h1-7,9-14,25,32H,8,15-22H2,(H,33,34,35);2*1H. The maximum Gasteiger partial charge on any atom is 0.227 e. The van der Waals surface area contributed by atoms with Crippen molar-refractivity contribution < 1.29 is 4.79 Å². The van der Waals surface area contributed by atoms with E-state index in [1.54, 1.807) is 0 Å². The van der Waals surface area contributed by atoms with Gasteiger partial charge in [-0.2, -0.15) is 4.98 Å². The van der Waals surface area contributed by atoms with Gasteiger partial charge in [0.25, 0.3) is 0 Å². The van der Waals surface area contributed by atoms with Crippen molar-refractivity contribution in [2.24, 2.45) is 0 Å². The molecule has 3 heterocycles. The van der Waals surface area contributed by atoms with Gasteiger partial charge in [-0.3, -0.25) is 4.79 Å². The average molecular weight is 580 g/mol. The molecular weight excluding hydrogens is 543 g/mol. The monoisotopic (exact) mass is 578 g/mol. The second kappa shape index (κ2) is 13.8. The Morgan fingerprint density at radius 3 is 2.52 bits per heavy atom. The fourth-order valence-corrected chi connectivity index (χ4v) is 5.56. The molecule has 2 N–H and O–H groups in total. The number of likely N-dealkylation sites (tertiary alicyclic amines) is 1. The third kappa shape index (κ3) is 6.66. The normalized spacial score (nSPS) is 17.1. The van der Waals surface area contributed by atoms with Gasteiger partial charge in [0.05, 0.1) is 11.9 Å². The van der Waals surface area contributed by atoms with Crippen molar-refractivity contribution in [3.8, 4) is 11.1 Å². The van der Waals surface area contributed by atoms with Crippen LogP contribution < -0.4 is 15.5 Å². The maximum absolute atomic E-state index is 13.3. The fourth-order valence-electron chi connectivity index (χ4n) is 5.56. The number of carbonyl (C=O) groups excluding carboxylic acids is 1. The molecule has 6 rings (SSSR count). The topological polar surface area (TPSA) is 73.4 Å². The zero-order chi connectivity index (χ0) is 25.7. The summed E-state index contributed by atoms with van der Waals surface area (Å²) in [6.07, 6.45) is 2.37. The van der Waals surface area contributed by atoms with E-state index in [1.165, 1.54) is 0 Å². The quantitative estimate of drug-likeness (QED) is 0.328. The number of fused-ring (bicyclic) bond motifs is 1. The van der Waals surface area contributed by atoms with E-state index in [0.29, 0.717) is 18.9 Å². The van der Waals surface area contributed by atoms with Gasteiger partial charge in [-0.1, -0.05) is 66.7 Å². The number of nitrogens with zero attached hydrogens (tertiary/aromatic N) is 4. The van der Waals surface area contributed by atoms with E-state index in [2.05, 4.69) is 58.0 Å². The summed E-state index contributed by atoms with van der Waals surface area (Å²) in [5, 5.41) is 8.11. The molecule has 3 aromatic carbocycles. The first-order chi connectivity index (χ1) is 18.7. The first-order valence-electron chi connectivity index (χ1n) is 13.6. The van der Waals surface area contributed by atoms with E-state index in [9.17, 15) is 4.79 Å². The maximum atomic E-state index is 13.3. The zero-order valence-electron chi connectivity index (χ0n) is 22.5. The van der Waals surface area contributed by atoms with Crippen molar-refractivity contribution in [2.75, 3.05) is 49.5 Å². The number of para-hydroxylation sites is 1. The predicted molar refractivity (Wildman–Crippen MR) is 168 cm³/mol. The second-order valence-electron chi connectivity index (χ2n) is 10.1. The summed E-state index contributed by atoms with van der Waals surface area (Å²) in [5.41, 5.74) is 4.27. The van der Waals surface area contributed by atoms with E-state index in [4.69, 9.17) is 9.97 Å². The van der Waals surface area contributed by atoms with E-state index in [1.807, 2.05) is 41.3 Å². The van der Waals surface area contributed by atoms with Gasteiger partial charge < -0.3 is 20.4 Å². The average Bonchev–Trinajstić information content (AvgIpc) is 3.26. The zero-order valence-corrected chi connectivity index (χ0v) is 24.1. The van der Waals surface area contributed by atoms with Crippen LogP contribution in [0, 0.1) is 0 Å². The summed E-state index contributed by atoms with van der Waals surface area (Å²) >= 11 is 0. The molecule has 2 fully saturated rings. The van der Waals surface area contributed by atoms with Crippen LogP contribution in [0.25, 0.3) is 22.0 Å². The molecule has 1 atom stereocenters. The molecule has 0 spiro atoms. The van der Waals surface area contributed by atoms with Crippen LogP contribution in [0.5, 0.6) is 0 Å². The summed E-state index contributed by atoms with van der Waals surface area (Å²) in [4.78, 5) is 27.5. The van der Waals surface area contributed by atoms with Gasteiger partial charge in [-0.25, -0.2) is 4.98 Å². The Hall–Kier alpha value is -3.39. The number of amides is 1. The number of aromatic nitrogens is 2. The van der Waals surface area contributed by atoms with E-state index < -0.39 is 0 Å². The molecule has 2 saturated heterocycles. The van der Waals surface area contributed by atoms with Crippen molar-refractivity contribution in [1.29, 1.82) is 0 Å². The first-order valence-corrected chi connectivity index (χ1v) is 13.6. The Labute approximate surface area is 248 Å². The highest BCUT2D eigenvalue weighted by Crippen LogP contribution is 2.28. The number of benzene rings is 3. The van der Waals surface area contributed by atoms with Gasteiger partial charge in [0, 0.05) is 44.2 Å². The molecule has 4 aromatic rings. The minimum atomic E-state index is 0. The summed E-state index contributed by atoms with van der Waals surface area (Å²) < 4.78 is 0. The lowest BCUT2D eigenvalue weighted by molar-refractivity contribution is -0.129. The number of anilines is 2. The third-order valence-electron chi connectivity index (χ3n) is 7.54. The van der Waals surface area contributed by atoms with Gasteiger partial charge in [-0.15, -0.1) is 24.8 Å². The van der Waals surface area contributed by atoms with Gasteiger partial charge in [0.15, 0.2) is 0 Å². The van der Waals surface area contributed by atoms with Crippen LogP contribution in [0.1, 0.15) is 18.4 Å². The van der Waals surface area contributed by atoms with Gasteiger partial charge in [-0.05, 0) is 48.2 Å². The Bertz CT molecular complexity index is 1410. The van der Waals surface area contributed by atoms with Crippen LogP contribution in [0.2, 0.25) is 0 Å². The Kier molecular flexibility index (Phi) is 10.2. The molecule has 2 aliphatic heterocycles. The molecule has 0 bridgehead atoms. The number of hydrogen-bond acceptors (Lipinski definition) is 6. The predicted octanol–water partition coefficient (Wildman–Crippen LogP) is 5.20. The number of nitrogens with one attached hydrogen (secondary N) is 2. The van der Waals surface area contributed by atoms with Crippen LogP contribution in [-0.2, 0) is 11.2 Å². The summed E-state index contributed by atoms with van der Waals surface area (Å²) in [5.74, 6) is 1.80. The molecule has 7 nitrogen and oxygen atoms in total. The minimum absolute atomic E-state index is 0.